The summed E-state index contributed by atoms with van der Waals surface area (Å²) in [5, 5.41) is 7.40. The minimum Gasteiger partial charge on any atom is -0.342 e. The highest BCUT2D eigenvalue weighted by Gasteiger charge is 2.34. The predicted octanol–water partition coefficient (Wildman–Crippen LogP) is 1.87. The number of nitrogens with one attached hydrogen (secondary N) is 2. The lowest BCUT2D eigenvalue weighted by Crippen LogP contribution is -2.43. The molecular weight excluding hydrogens is 254 g/mol. The molecule has 2 aromatic rings. The van der Waals surface area contributed by atoms with Crippen LogP contribution < -0.4 is 5.32 Å². The summed E-state index contributed by atoms with van der Waals surface area (Å²) in [7, 11) is 0. The van der Waals surface area contributed by atoms with Crippen LogP contribution in [-0.2, 0) is 5.54 Å². The monoisotopic (exact) mass is 269 g/mol. The van der Waals surface area contributed by atoms with Crippen molar-refractivity contribution in [1.29, 1.82) is 0 Å². The molecule has 1 unspecified atom stereocenters. The Morgan fingerprint density at radius 3 is 2.94 bits per heavy atom. The van der Waals surface area contributed by atoms with Crippen LogP contribution in [-0.4, -0.2) is 26.7 Å². The van der Waals surface area contributed by atoms with E-state index in [9.17, 15) is 0 Å². The number of piperidine rings is 1. The molecule has 3 heterocycles. The molecular formula is C11H16ClN5O. The first-order chi connectivity index (χ1) is 8.28. The highest BCUT2D eigenvalue weighted by atomic mass is 35.5. The van der Waals surface area contributed by atoms with Crippen molar-refractivity contribution in [2.24, 2.45) is 0 Å². The third-order valence-corrected chi connectivity index (χ3v) is 3.23. The summed E-state index contributed by atoms with van der Waals surface area (Å²) in [6.45, 7) is 3.10. The first kappa shape index (κ1) is 13.0. The van der Waals surface area contributed by atoms with Crippen LogP contribution >= 0.6 is 12.4 Å². The first-order valence-corrected chi connectivity index (χ1v) is 5.87. The van der Waals surface area contributed by atoms with Gasteiger partial charge in [-0.2, -0.15) is 4.98 Å². The van der Waals surface area contributed by atoms with Gasteiger partial charge in [-0.25, -0.2) is 4.98 Å². The number of aromatic nitrogens is 4. The van der Waals surface area contributed by atoms with Crippen molar-refractivity contribution in [3.05, 3.63) is 18.3 Å². The van der Waals surface area contributed by atoms with Gasteiger partial charge in [0.1, 0.15) is 0 Å². The molecule has 6 nitrogen and oxygen atoms in total. The number of hydrogen-bond acceptors (Lipinski definition) is 5. The van der Waals surface area contributed by atoms with E-state index in [1.54, 1.807) is 12.4 Å². The lowest BCUT2D eigenvalue weighted by molar-refractivity contribution is 0.207. The van der Waals surface area contributed by atoms with E-state index in [0.717, 1.165) is 13.0 Å². The quantitative estimate of drug-likeness (QED) is 0.870. The molecule has 1 fully saturated rings. The Morgan fingerprint density at radius 1 is 1.39 bits per heavy atom. The summed E-state index contributed by atoms with van der Waals surface area (Å²) in [5.74, 6) is 1.79. The third kappa shape index (κ3) is 2.26. The summed E-state index contributed by atoms with van der Waals surface area (Å²) in [6, 6.07) is 0. The van der Waals surface area contributed by atoms with Crippen molar-refractivity contribution < 1.29 is 4.52 Å². The average molecular weight is 270 g/mol. The minimum atomic E-state index is -0.198. The van der Waals surface area contributed by atoms with Gasteiger partial charge >= 0.3 is 0 Å². The van der Waals surface area contributed by atoms with Gasteiger partial charge in [-0.3, -0.25) is 0 Å². The second-order valence-corrected chi connectivity index (χ2v) is 4.58. The summed E-state index contributed by atoms with van der Waals surface area (Å²) >= 11 is 0. The topological polar surface area (TPSA) is 79.6 Å². The summed E-state index contributed by atoms with van der Waals surface area (Å²) in [6.07, 6.45) is 6.82. The van der Waals surface area contributed by atoms with E-state index in [0.29, 0.717) is 17.5 Å². The molecule has 2 N–H and O–H groups in total. The maximum Gasteiger partial charge on any atom is 0.247 e. The third-order valence-electron chi connectivity index (χ3n) is 3.23. The van der Waals surface area contributed by atoms with Gasteiger partial charge in [0.2, 0.25) is 11.7 Å². The molecule has 18 heavy (non-hydrogen) atoms. The standard InChI is InChI=1S/C11H15N5O.ClH/c1-11(4-2-3-5-14-11)10-15-9(16-17-10)8-12-6-7-13-8;/h6-7,14H,2-5H2,1H3,(H,12,13);1H. The maximum absolute atomic E-state index is 5.35. The number of hydrogen-bond donors (Lipinski definition) is 2. The van der Waals surface area contributed by atoms with Crippen LogP contribution in [0.5, 0.6) is 0 Å². The van der Waals surface area contributed by atoms with Crippen LogP contribution in [0.4, 0.5) is 0 Å². The SMILES string of the molecule is CC1(c2nc(-c3ncc[nH]3)no2)CCCCN1.Cl. The molecule has 1 aliphatic heterocycles. The minimum absolute atomic E-state index is 0. The lowest BCUT2D eigenvalue weighted by Gasteiger charge is -2.31. The van der Waals surface area contributed by atoms with Crippen LogP contribution in [0.2, 0.25) is 0 Å². The normalized spacial score (nSPS) is 23.6. The van der Waals surface area contributed by atoms with Gasteiger partial charge in [0.25, 0.3) is 0 Å². The number of H-pyrrole nitrogens is 1. The molecule has 0 aromatic carbocycles. The van der Waals surface area contributed by atoms with E-state index in [1.165, 1.54) is 12.8 Å². The van der Waals surface area contributed by atoms with Crippen molar-refractivity contribution in [1.82, 2.24) is 25.4 Å². The first-order valence-electron chi connectivity index (χ1n) is 5.87. The van der Waals surface area contributed by atoms with Crippen LogP contribution in [0, 0.1) is 0 Å². The molecule has 3 rings (SSSR count). The molecule has 0 amide bonds. The number of imidazole rings is 1. The lowest BCUT2D eigenvalue weighted by atomic mass is 9.91. The van der Waals surface area contributed by atoms with Crippen LogP contribution in [0.25, 0.3) is 11.6 Å². The summed E-state index contributed by atoms with van der Waals surface area (Å²) in [5.41, 5.74) is -0.198. The maximum atomic E-state index is 5.35. The fourth-order valence-corrected chi connectivity index (χ4v) is 2.17. The van der Waals surface area contributed by atoms with Crippen LogP contribution in [0.15, 0.2) is 16.9 Å². The fraction of sp³-hybridized carbons (Fsp3) is 0.545. The Balaban J connectivity index is 0.00000120. The Hall–Kier alpha value is -1.40. The zero-order valence-corrected chi connectivity index (χ0v) is 11.0. The summed E-state index contributed by atoms with van der Waals surface area (Å²) < 4.78 is 5.35. The second kappa shape index (κ2) is 5.07. The van der Waals surface area contributed by atoms with Crippen molar-refractivity contribution in [2.45, 2.75) is 31.7 Å². The van der Waals surface area contributed by atoms with Crippen molar-refractivity contribution in [3.8, 4) is 11.6 Å². The van der Waals surface area contributed by atoms with Crippen molar-refractivity contribution >= 4 is 12.4 Å². The Labute approximate surface area is 111 Å². The van der Waals surface area contributed by atoms with Gasteiger partial charge in [-0.05, 0) is 32.7 Å². The molecule has 7 heteroatoms. The Morgan fingerprint density at radius 2 is 2.28 bits per heavy atom. The molecule has 1 aliphatic rings. The molecule has 1 saturated heterocycles. The Kier molecular flexibility index (Phi) is 3.68. The van der Waals surface area contributed by atoms with E-state index in [1.807, 2.05) is 0 Å². The molecule has 0 aliphatic carbocycles. The van der Waals surface area contributed by atoms with E-state index >= 15 is 0 Å². The molecule has 0 spiro atoms. The van der Waals surface area contributed by atoms with E-state index in [4.69, 9.17) is 4.52 Å². The number of nitrogens with zero attached hydrogens (tertiary/aromatic N) is 3. The fourth-order valence-electron chi connectivity index (χ4n) is 2.17. The second-order valence-electron chi connectivity index (χ2n) is 4.58. The molecule has 98 valence electrons. The molecule has 0 radical (unpaired) electrons. The van der Waals surface area contributed by atoms with Gasteiger partial charge < -0.3 is 14.8 Å². The van der Waals surface area contributed by atoms with Gasteiger partial charge in [-0.15, -0.1) is 12.4 Å². The van der Waals surface area contributed by atoms with Crippen LogP contribution in [0.3, 0.4) is 0 Å². The van der Waals surface area contributed by atoms with Crippen LogP contribution in [0.1, 0.15) is 32.1 Å². The molecule has 0 bridgehead atoms. The number of halogens is 1. The zero-order valence-electron chi connectivity index (χ0n) is 10.1. The van der Waals surface area contributed by atoms with Gasteiger partial charge in [0, 0.05) is 12.4 Å². The van der Waals surface area contributed by atoms with E-state index in [2.05, 4.69) is 32.3 Å². The van der Waals surface area contributed by atoms with Gasteiger partial charge in [-0.1, -0.05) is 5.16 Å². The average Bonchev–Trinajstić information content (AvgIpc) is 3.01. The van der Waals surface area contributed by atoms with E-state index < -0.39 is 0 Å². The zero-order chi connectivity index (χ0) is 11.7. The smallest absolute Gasteiger partial charge is 0.247 e. The Bertz CT molecular complexity index is 489. The molecule has 1 atom stereocenters. The number of rotatable bonds is 2. The van der Waals surface area contributed by atoms with Crippen molar-refractivity contribution in [2.75, 3.05) is 6.54 Å². The molecule has 0 saturated carbocycles. The van der Waals surface area contributed by atoms with Gasteiger partial charge in [0.05, 0.1) is 5.54 Å². The van der Waals surface area contributed by atoms with E-state index in [-0.39, 0.29) is 17.9 Å². The van der Waals surface area contributed by atoms with Gasteiger partial charge in [0.15, 0.2) is 5.82 Å². The predicted molar refractivity (Wildman–Crippen MR) is 68.3 cm³/mol. The van der Waals surface area contributed by atoms with Crippen molar-refractivity contribution in [3.63, 3.8) is 0 Å². The highest BCUT2D eigenvalue weighted by molar-refractivity contribution is 5.85. The molecule has 2 aromatic heterocycles. The largest absolute Gasteiger partial charge is 0.342 e. The summed E-state index contributed by atoms with van der Waals surface area (Å²) in [4.78, 5) is 11.5. The number of aromatic amines is 1. The highest BCUT2D eigenvalue weighted by Crippen LogP contribution is 2.29.